The van der Waals surface area contributed by atoms with Crippen molar-refractivity contribution in [1.29, 1.82) is 0 Å². The lowest BCUT2D eigenvalue weighted by Gasteiger charge is -2.33. The number of aromatic nitrogens is 2. The van der Waals surface area contributed by atoms with Crippen molar-refractivity contribution in [3.63, 3.8) is 0 Å². The fraction of sp³-hybridized carbons (Fsp3) is 0.500. The fourth-order valence-corrected chi connectivity index (χ4v) is 1.87. The highest BCUT2D eigenvalue weighted by Gasteiger charge is 2.29. The van der Waals surface area contributed by atoms with Gasteiger partial charge in [-0.1, -0.05) is 0 Å². The molecule has 2 rings (SSSR count). The van der Waals surface area contributed by atoms with Gasteiger partial charge in [-0.2, -0.15) is 0 Å². The maximum Gasteiger partial charge on any atom is 0.411 e. The van der Waals surface area contributed by atoms with E-state index in [1.54, 1.807) is 12.4 Å². The van der Waals surface area contributed by atoms with E-state index in [1.807, 2.05) is 0 Å². The van der Waals surface area contributed by atoms with Crippen LogP contribution in [-0.4, -0.2) is 32.9 Å². The largest absolute Gasteiger partial charge is 0.465 e. The Bertz CT molecular complexity index is 373. The van der Waals surface area contributed by atoms with Crippen LogP contribution in [0.1, 0.15) is 24.3 Å². The average Bonchev–Trinajstić information content (AvgIpc) is 2.18. The molecule has 0 radical (unpaired) electrons. The van der Waals surface area contributed by atoms with E-state index in [0.29, 0.717) is 11.8 Å². The number of aliphatic hydroxyl groups excluding tert-OH is 1. The molecule has 1 heterocycles. The first-order valence-electron chi connectivity index (χ1n) is 5.11. The molecule has 6 heteroatoms. The van der Waals surface area contributed by atoms with Crippen molar-refractivity contribution in [2.45, 2.75) is 18.8 Å². The summed E-state index contributed by atoms with van der Waals surface area (Å²) in [5.41, 5.74) is 1.00. The van der Waals surface area contributed by atoms with Crippen molar-refractivity contribution in [3.05, 3.63) is 18.0 Å². The maximum absolute atomic E-state index is 10.3. The first-order valence-corrected chi connectivity index (χ1v) is 5.11. The molecule has 16 heavy (non-hydrogen) atoms. The zero-order chi connectivity index (χ0) is 11.5. The van der Waals surface area contributed by atoms with Gasteiger partial charge in [0.2, 0.25) is 5.95 Å². The molecular weight excluding hydrogens is 210 g/mol. The summed E-state index contributed by atoms with van der Waals surface area (Å²) in [4.78, 5) is 18.1. The highest BCUT2D eigenvalue weighted by molar-refractivity contribution is 5.80. The van der Waals surface area contributed by atoms with E-state index in [4.69, 9.17) is 10.2 Å². The van der Waals surface area contributed by atoms with Crippen LogP contribution in [0.15, 0.2) is 12.4 Å². The molecule has 86 valence electrons. The molecule has 1 aliphatic rings. The third kappa shape index (κ3) is 2.27. The number of carboxylic acid groups (broad SMARTS) is 1. The Morgan fingerprint density at radius 2 is 2.06 bits per heavy atom. The summed E-state index contributed by atoms with van der Waals surface area (Å²) >= 11 is 0. The molecule has 0 aliphatic heterocycles. The minimum atomic E-state index is -1.17. The van der Waals surface area contributed by atoms with Crippen molar-refractivity contribution in [2.75, 3.05) is 11.9 Å². The number of hydrogen-bond donors (Lipinski definition) is 3. The van der Waals surface area contributed by atoms with Crippen LogP contribution in [0.4, 0.5) is 10.7 Å². The standard InChI is InChI=1S/C10H13N3O3/c14-5-6-1-7(2-6)8-3-11-9(12-4-8)13-10(15)16/h3-4,6-7,14H,1-2,5H2,(H,15,16)(H,11,12,13). The van der Waals surface area contributed by atoms with Crippen LogP contribution in [0.25, 0.3) is 0 Å². The van der Waals surface area contributed by atoms with Crippen LogP contribution in [0.5, 0.6) is 0 Å². The molecular formula is C10H13N3O3. The Balaban J connectivity index is 1.95. The quantitative estimate of drug-likeness (QED) is 0.711. The second-order valence-electron chi connectivity index (χ2n) is 3.99. The van der Waals surface area contributed by atoms with Crippen molar-refractivity contribution in [2.24, 2.45) is 5.92 Å². The lowest BCUT2D eigenvalue weighted by Crippen LogP contribution is -2.25. The van der Waals surface area contributed by atoms with Gasteiger partial charge in [0.15, 0.2) is 0 Å². The van der Waals surface area contributed by atoms with Crippen LogP contribution in [0, 0.1) is 5.92 Å². The van der Waals surface area contributed by atoms with E-state index in [0.717, 1.165) is 18.4 Å². The van der Waals surface area contributed by atoms with Gasteiger partial charge in [0.25, 0.3) is 0 Å². The van der Waals surface area contributed by atoms with Gasteiger partial charge in [-0.3, -0.25) is 5.32 Å². The van der Waals surface area contributed by atoms with Crippen molar-refractivity contribution in [1.82, 2.24) is 9.97 Å². The monoisotopic (exact) mass is 223 g/mol. The Hall–Kier alpha value is -1.69. The van der Waals surface area contributed by atoms with Gasteiger partial charge in [-0.05, 0) is 30.2 Å². The lowest BCUT2D eigenvalue weighted by atomic mass is 9.72. The highest BCUT2D eigenvalue weighted by atomic mass is 16.4. The van der Waals surface area contributed by atoms with Crippen LogP contribution >= 0.6 is 0 Å². The van der Waals surface area contributed by atoms with Crippen molar-refractivity contribution >= 4 is 12.0 Å². The van der Waals surface area contributed by atoms with Gasteiger partial charge in [0.1, 0.15) is 0 Å². The molecule has 1 amide bonds. The maximum atomic E-state index is 10.3. The zero-order valence-corrected chi connectivity index (χ0v) is 8.63. The third-order valence-electron chi connectivity index (χ3n) is 2.86. The normalized spacial score (nSPS) is 23.6. The number of nitrogens with zero attached hydrogens (tertiary/aromatic N) is 2. The van der Waals surface area contributed by atoms with Crippen LogP contribution in [-0.2, 0) is 0 Å². The second-order valence-corrected chi connectivity index (χ2v) is 3.99. The average molecular weight is 223 g/mol. The number of amides is 1. The lowest BCUT2D eigenvalue weighted by molar-refractivity contribution is 0.142. The van der Waals surface area contributed by atoms with Gasteiger partial charge in [-0.15, -0.1) is 0 Å². The zero-order valence-electron chi connectivity index (χ0n) is 8.63. The van der Waals surface area contributed by atoms with E-state index in [2.05, 4.69) is 15.3 Å². The highest BCUT2D eigenvalue weighted by Crippen LogP contribution is 2.40. The third-order valence-corrected chi connectivity index (χ3v) is 2.86. The molecule has 0 aromatic carbocycles. The van der Waals surface area contributed by atoms with Crippen LogP contribution < -0.4 is 5.32 Å². The number of carbonyl (C=O) groups is 1. The molecule has 3 N–H and O–H groups in total. The SMILES string of the molecule is O=C(O)Nc1ncc(C2CC(CO)C2)cn1. The Morgan fingerprint density at radius 1 is 1.44 bits per heavy atom. The summed E-state index contributed by atoms with van der Waals surface area (Å²) in [5.74, 6) is 0.882. The number of rotatable bonds is 3. The molecule has 6 nitrogen and oxygen atoms in total. The van der Waals surface area contributed by atoms with E-state index in [1.165, 1.54) is 0 Å². The molecule has 0 spiro atoms. The molecule has 1 saturated carbocycles. The van der Waals surface area contributed by atoms with Gasteiger partial charge in [0.05, 0.1) is 0 Å². The minimum absolute atomic E-state index is 0.0919. The van der Waals surface area contributed by atoms with Gasteiger partial charge in [-0.25, -0.2) is 14.8 Å². The molecule has 1 aromatic heterocycles. The second kappa shape index (κ2) is 4.44. The predicted octanol–water partition coefficient (Wildman–Crippen LogP) is 1.05. The van der Waals surface area contributed by atoms with E-state index in [-0.39, 0.29) is 12.6 Å². The Kier molecular flexibility index (Phi) is 3.00. The fourth-order valence-electron chi connectivity index (χ4n) is 1.87. The summed E-state index contributed by atoms with van der Waals surface area (Å²) in [5, 5.41) is 19.4. The molecule has 0 saturated heterocycles. The molecule has 0 atom stereocenters. The Labute approximate surface area is 92.4 Å². The van der Waals surface area contributed by atoms with Gasteiger partial charge < -0.3 is 10.2 Å². The van der Waals surface area contributed by atoms with Crippen LogP contribution in [0.2, 0.25) is 0 Å². The summed E-state index contributed by atoms with van der Waals surface area (Å²) in [7, 11) is 0. The van der Waals surface area contributed by atoms with Crippen molar-refractivity contribution < 1.29 is 15.0 Å². The topological polar surface area (TPSA) is 95.3 Å². The van der Waals surface area contributed by atoms with Gasteiger partial charge in [0, 0.05) is 19.0 Å². The molecule has 1 fully saturated rings. The molecule has 1 aliphatic carbocycles. The minimum Gasteiger partial charge on any atom is -0.465 e. The number of aliphatic hydroxyl groups is 1. The van der Waals surface area contributed by atoms with Crippen LogP contribution in [0.3, 0.4) is 0 Å². The smallest absolute Gasteiger partial charge is 0.411 e. The molecule has 0 bridgehead atoms. The van der Waals surface area contributed by atoms with Gasteiger partial charge >= 0.3 is 6.09 Å². The predicted molar refractivity (Wildman–Crippen MR) is 56.2 cm³/mol. The summed E-state index contributed by atoms with van der Waals surface area (Å²) < 4.78 is 0. The van der Waals surface area contributed by atoms with E-state index < -0.39 is 6.09 Å². The summed E-state index contributed by atoms with van der Waals surface area (Å²) in [6, 6.07) is 0. The molecule has 0 unspecified atom stereocenters. The summed E-state index contributed by atoms with van der Waals surface area (Å²) in [6.07, 6.45) is 4.00. The number of anilines is 1. The number of hydrogen-bond acceptors (Lipinski definition) is 4. The van der Waals surface area contributed by atoms with Crippen molar-refractivity contribution in [3.8, 4) is 0 Å². The summed E-state index contributed by atoms with van der Waals surface area (Å²) in [6.45, 7) is 0.232. The Morgan fingerprint density at radius 3 is 2.56 bits per heavy atom. The first kappa shape index (κ1) is 10.8. The van der Waals surface area contributed by atoms with E-state index in [9.17, 15) is 4.79 Å². The molecule has 1 aromatic rings. The first-order chi connectivity index (χ1) is 7.69. The van der Waals surface area contributed by atoms with E-state index >= 15 is 0 Å². The number of nitrogens with one attached hydrogen (secondary N) is 1.